The average molecular weight is 916 g/mol. The zero-order valence-corrected chi connectivity index (χ0v) is 34.5. The number of alkyl carbamates (subject to hydrolysis) is 1. The van der Waals surface area contributed by atoms with Crippen molar-refractivity contribution in [2.24, 2.45) is 17.8 Å². The predicted octanol–water partition coefficient (Wildman–Crippen LogP) is 5.03. The summed E-state index contributed by atoms with van der Waals surface area (Å²) in [6, 6.07) is 10.6. The van der Waals surface area contributed by atoms with Gasteiger partial charge in [0.25, 0.3) is 0 Å². The number of amides is 1. The van der Waals surface area contributed by atoms with Gasteiger partial charge in [-0.15, -0.1) is 11.3 Å². The molecule has 1 aromatic heterocycles. The number of hydrogen-bond acceptors (Lipinski definition) is 13. The van der Waals surface area contributed by atoms with Gasteiger partial charge < -0.3 is 43.6 Å². The number of thiazole rings is 1. The summed E-state index contributed by atoms with van der Waals surface area (Å²) >= 11 is 3.62. The summed E-state index contributed by atoms with van der Waals surface area (Å²) in [7, 11) is -4.24. The lowest BCUT2D eigenvalue weighted by molar-refractivity contribution is -0.155. The minimum absolute atomic E-state index is 0.0332. The second kappa shape index (κ2) is 18.8. The van der Waals surface area contributed by atoms with E-state index in [1.54, 1.807) is 12.1 Å². The number of aryl methyl sites for hydroxylation is 1. The Kier molecular flexibility index (Phi) is 14.1. The second-order valence-electron chi connectivity index (χ2n) is 13.9. The molecule has 2 N–H and O–H groups in total. The summed E-state index contributed by atoms with van der Waals surface area (Å²) < 4.78 is 70.5. The number of benzene rings is 2. The maximum Gasteiger partial charge on any atom is 0.407 e. The number of carbonyl (C=O) groups excluding carboxylic acids is 1. The number of aromatic nitrogens is 1. The van der Waals surface area contributed by atoms with Crippen molar-refractivity contribution in [2.45, 2.75) is 69.7 Å². The highest BCUT2D eigenvalue weighted by Gasteiger charge is 2.45. The molecule has 55 heavy (non-hydrogen) atoms. The number of carboxylic acid groups (broad SMARTS) is 1. The fourth-order valence-corrected chi connectivity index (χ4v) is 9.38. The number of nitrogens with one attached hydrogen (secondary N) is 1. The van der Waals surface area contributed by atoms with Gasteiger partial charge in [-0.2, -0.15) is 4.31 Å². The lowest BCUT2D eigenvalue weighted by Gasteiger charge is -2.36. The number of sulfonamides is 1. The largest absolute Gasteiger partial charge is 0.487 e. The summed E-state index contributed by atoms with van der Waals surface area (Å²) in [5.74, 6) is -1.37. The maximum atomic E-state index is 14.4. The number of fused-ring (bicyclic) bond motifs is 2. The van der Waals surface area contributed by atoms with Gasteiger partial charge in [-0.25, -0.2) is 23.0 Å². The zero-order valence-electron chi connectivity index (χ0n) is 30.8. The molecule has 18 heteroatoms. The Morgan fingerprint density at radius 1 is 1.11 bits per heavy atom. The van der Waals surface area contributed by atoms with Gasteiger partial charge in [0.2, 0.25) is 16.8 Å². The van der Waals surface area contributed by atoms with Crippen molar-refractivity contribution in [2.75, 3.05) is 44.1 Å². The normalized spacial score (nSPS) is 20.7. The van der Waals surface area contributed by atoms with Crippen molar-refractivity contribution < 1.29 is 56.3 Å². The molecule has 0 saturated carbocycles. The first-order chi connectivity index (χ1) is 26.4. The first kappa shape index (κ1) is 41.4. The number of ether oxygens (including phenoxy) is 7. The quantitative estimate of drug-likeness (QED) is 0.121. The van der Waals surface area contributed by atoms with E-state index in [1.807, 2.05) is 38.3 Å². The highest BCUT2D eigenvalue weighted by molar-refractivity contribution is 14.1. The average Bonchev–Trinajstić information content (AvgIpc) is 3.97. The van der Waals surface area contributed by atoms with Crippen LogP contribution in [0.25, 0.3) is 0 Å². The third-order valence-electron chi connectivity index (χ3n) is 9.47. The van der Waals surface area contributed by atoms with E-state index >= 15 is 0 Å². The number of alkyl halides is 1. The summed E-state index contributed by atoms with van der Waals surface area (Å²) in [4.78, 5) is 31.2. The first-order valence-corrected chi connectivity index (χ1v) is 21.9. The van der Waals surface area contributed by atoms with Crippen LogP contribution in [0.3, 0.4) is 0 Å². The fourth-order valence-electron chi connectivity index (χ4n) is 6.87. The molecule has 3 aliphatic heterocycles. The highest BCUT2D eigenvalue weighted by Crippen LogP contribution is 2.36. The molecule has 1 unspecified atom stereocenters. The topological polar surface area (TPSA) is 181 Å². The Hall–Kier alpha value is -3.27. The van der Waals surface area contributed by atoms with Crippen molar-refractivity contribution in [3.63, 3.8) is 0 Å². The van der Waals surface area contributed by atoms with E-state index in [0.717, 1.165) is 16.3 Å². The van der Waals surface area contributed by atoms with Crippen LogP contribution in [0, 0.1) is 24.7 Å². The zero-order chi connectivity index (χ0) is 39.1. The number of hydrogen-bond donors (Lipinski definition) is 2. The molecule has 1 amide bonds. The van der Waals surface area contributed by atoms with Crippen molar-refractivity contribution in [1.82, 2.24) is 14.6 Å². The Bertz CT molecular complexity index is 1880. The van der Waals surface area contributed by atoms with E-state index in [9.17, 15) is 23.1 Å². The van der Waals surface area contributed by atoms with Crippen LogP contribution in [0.15, 0.2) is 52.7 Å². The molecule has 2 saturated heterocycles. The third-order valence-corrected chi connectivity index (χ3v) is 12.6. The standard InChI is InChI=1S/C37H46IN3O12S2/c1-22(2)16-41(55(45,46)27-8-9-31-32(15-27)52-21-51-31)17-29(34(35(42)43)47-13-11-38)30(40-37(44)53-33-19-50-36-28(33)10-12-48-36)14-24-4-6-26(7-5-24)49-18-25-20-54-23(3)39-25/h4-9,15,20,22,28-30,33-34,36H,10-14,16-19,21H2,1-3H3,(H,40,44)(H,42,43)/t28-,29+,30-,33-,34?,36+/m0/s1. The minimum atomic E-state index is -4.24. The monoisotopic (exact) mass is 915 g/mol. The Morgan fingerprint density at radius 3 is 2.60 bits per heavy atom. The van der Waals surface area contributed by atoms with Crippen molar-refractivity contribution in [3.05, 3.63) is 64.1 Å². The first-order valence-electron chi connectivity index (χ1n) is 18.0. The van der Waals surface area contributed by atoms with Gasteiger partial charge in [-0.3, -0.25) is 0 Å². The molecule has 0 aliphatic carbocycles. The van der Waals surface area contributed by atoms with E-state index in [4.69, 9.17) is 33.2 Å². The number of halogens is 1. The van der Waals surface area contributed by atoms with Crippen LogP contribution < -0.4 is 19.5 Å². The molecule has 6 atom stereocenters. The fraction of sp³-hybridized carbons (Fsp3) is 0.541. The molecule has 15 nitrogen and oxygen atoms in total. The molecule has 0 spiro atoms. The molecule has 2 fully saturated rings. The van der Waals surface area contributed by atoms with Crippen molar-refractivity contribution >= 4 is 56.0 Å². The van der Waals surface area contributed by atoms with Gasteiger partial charge >= 0.3 is 12.1 Å². The Morgan fingerprint density at radius 2 is 1.89 bits per heavy atom. The molecule has 4 heterocycles. The van der Waals surface area contributed by atoms with E-state index in [0.29, 0.717) is 29.0 Å². The van der Waals surface area contributed by atoms with Crippen LogP contribution in [-0.4, -0.2) is 104 Å². The van der Waals surface area contributed by atoms with Gasteiger partial charge in [-0.1, -0.05) is 48.6 Å². The third kappa shape index (κ3) is 10.6. The molecule has 3 aliphatic rings. The summed E-state index contributed by atoms with van der Waals surface area (Å²) in [5.41, 5.74) is 1.54. The maximum absolute atomic E-state index is 14.4. The molecule has 300 valence electrons. The lowest BCUT2D eigenvalue weighted by atomic mass is 9.88. The Labute approximate surface area is 338 Å². The van der Waals surface area contributed by atoms with E-state index in [1.165, 1.54) is 33.8 Å². The predicted molar refractivity (Wildman–Crippen MR) is 208 cm³/mol. The smallest absolute Gasteiger partial charge is 0.407 e. The van der Waals surface area contributed by atoms with Gasteiger partial charge in [0.05, 0.1) is 41.3 Å². The number of carboxylic acids is 1. The summed E-state index contributed by atoms with van der Waals surface area (Å²) in [6.07, 6.45) is -2.55. The highest BCUT2D eigenvalue weighted by atomic mass is 127. The molecule has 2 aromatic carbocycles. The van der Waals surface area contributed by atoms with Crippen molar-refractivity contribution in [3.8, 4) is 17.2 Å². The molecule has 0 radical (unpaired) electrons. The number of nitrogens with zero attached hydrogens (tertiary/aromatic N) is 2. The van der Waals surface area contributed by atoms with Gasteiger partial charge in [0.15, 0.2) is 23.9 Å². The van der Waals surface area contributed by atoms with Crippen LogP contribution in [0.5, 0.6) is 17.2 Å². The molecule has 0 bridgehead atoms. The molecular weight excluding hydrogens is 869 g/mol. The van der Waals surface area contributed by atoms with Crippen molar-refractivity contribution in [1.29, 1.82) is 0 Å². The van der Waals surface area contributed by atoms with E-state index < -0.39 is 52.5 Å². The molecule has 6 rings (SSSR count). The summed E-state index contributed by atoms with van der Waals surface area (Å²) in [6.45, 7) is 6.39. The SMILES string of the molecule is Cc1nc(COc2ccc(C[C@H](NC(=O)O[C@H]3CO[C@H]4OCC[C@H]43)[C@@H](CN(CC(C)C)S(=O)(=O)c3ccc4c(c3)OCO4)C(OCCI)C(=O)O)cc2)cs1. The lowest BCUT2D eigenvalue weighted by Crippen LogP contribution is -2.55. The van der Waals surface area contributed by atoms with Crippen LogP contribution in [0.1, 0.15) is 36.5 Å². The molecular formula is C37H46IN3O12S2. The number of carbonyl (C=O) groups is 2. The number of aliphatic carboxylic acids is 1. The second-order valence-corrected chi connectivity index (χ2v) is 18.0. The van der Waals surface area contributed by atoms with Crippen LogP contribution >= 0.6 is 33.9 Å². The van der Waals surface area contributed by atoms with Gasteiger partial charge in [0.1, 0.15) is 18.5 Å². The molecule has 3 aromatic rings. The van der Waals surface area contributed by atoms with Gasteiger partial charge in [0, 0.05) is 40.9 Å². The van der Waals surface area contributed by atoms with Crippen LogP contribution in [0.4, 0.5) is 4.79 Å². The van der Waals surface area contributed by atoms with E-state index in [-0.39, 0.29) is 68.6 Å². The van der Waals surface area contributed by atoms with Crippen LogP contribution in [-0.2, 0) is 46.8 Å². The summed E-state index contributed by atoms with van der Waals surface area (Å²) in [5, 5.41) is 16.5. The van der Waals surface area contributed by atoms with Gasteiger partial charge in [-0.05, 0) is 55.5 Å². The minimum Gasteiger partial charge on any atom is -0.487 e. The Balaban J connectivity index is 1.32. The van der Waals surface area contributed by atoms with E-state index in [2.05, 4.69) is 32.9 Å². The van der Waals surface area contributed by atoms with Crippen LogP contribution in [0.2, 0.25) is 0 Å². The number of rotatable bonds is 19.